The minimum absolute atomic E-state index is 0.213. The third-order valence-electron chi connectivity index (χ3n) is 5.58. The maximum atomic E-state index is 14.8. The monoisotopic (exact) mass is 404 g/mol. The first-order valence-corrected chi connectivity index (χ1v) is 9.60. The Kier molecular flexibility index (Phi) is 4.85. The first kappa shape index (κ1) is 19.2. The van der Waals surface area contributed by atoms with Crippen molar-refractivity contribution < 1.29 is 14.2 Å². The minimum Gasteiger partial charge on any atom is -0.389 e. The Bertz CT molecular complexity index is 963. The fourth-order valence-electron chi connectivity index (χ4n) is 3.52. The molecule has 1 aromatic heterocycles. The lowest BCUT2D eigenvalue weighted by Crippen LogP contribution is -2.42. The molecule has 1 aromatic carbocycles. The Hall–Kier alpha value is -2.09. The predicted molar refractivity (Wildman–Crippen MR) is 107 cm³/mol. The number of benzene rings is 1. The molecule has 6 nitrogen and oxygen atoms in total. The van der Waals surface area contributed by atoms with Gasteiger partial charge in [0.15, 0.2) is 0 Å². The molecule has 8 heteroatoms. The summed E-state index contributed by atoms with van der Waals surface area (Å²) in [6.07, 6.45) is 1.48. The van der Waals surface area contributed by atoms with Crippen LogP contribution < -0.4 is 5.32 Å². The van der Waals surface area contributed by atoms with Gasteiger partial charge < -0.3 is 15.2 Å². The van der Waals surface area contributed by atoms with Gasteiger partial charge in [-0.2, -0.15) is 0 Å². The normalized spacial score (nSPS) is 23.3. The van der Waals surface area contributed by atoms with Crippen LogP contribution >= 0.6 is 11.6 Å². The zero-order valence-corrected chi connectivity index (χ0v) is 16.7. The van der Waals surface area contributed by atoms with E-state index >= 15 is 0 Å². The second-order valence-corrected chi connectivity index (χ2v) is 8.16. The van der Waals surface area contributed by atoms with Crippen molar-refractivity contribution in [3.8, 4) is 11.3 Å². The van der Waals surface area contributed by atoms with E-state index in [0.717, 1.165) is 11.3 Å². The van der Waals surface area contributed by atoms with Crippen molar-refractivity contribution in [2.24, 2.45) is 4.99 Å². The summed E-state index contributed by atoms with van der Waals surface area (Å²) in [6, 6.07) is 3.08. The molecule has 148 valence electrons. The van der Waals surface area contributed by atoms with Crippen molar-refractivity contribution in [2.45, 2.75) is 44.8 Å². The number of hydrogen-bond acceptors (Lipinski definition) is 6. The summed E-state index contributed by atoms with van der Waals surface area (Å²) in [5.41, 5.74) is 2.69. The molecule has 2 aliphatic rings. The number of rotatable bonds is 3. The maximum absolute atomic E-state index is 14.8. The number of nitrogens with zero attached hydrogens (tertiary/aromatic N) is 3. The fourth-order valence-corrected chi connectivity index (χ4v) is 3.72. The third kappa shape index (κ3) is 3.27. The van der Waals surface area contributed by atoms with Crippen molar-refractivity contribution in [3.63, 3.8) is 0 Å². The van der Waals surface area contributed by atoms with Crippen LogP contribution in [0.5, 0.6) is 0 Å². The first-order valence-electron chi connectivity index (χ1n) is 9.22. The Morgan fingerprint density at radius 1 is 1.36 bits per heavy atom. The SMILES string of the molecule is CC1=Nc2c(F)cc(-c3nc(N[C@@H]4CCOC[C@H]4O)ncc3Cl)cc2C1(C)C. The summed E-state index contributed by atoms with van der Waals surface area (Å²) in [4.78, 5) is 13.1. The number of anilines is 1. The van der Waals surface area contributed by atoms with Crippen LogP contribution in [0.1, 0.15) is 32.8 Å². The van der Waals surface area contributed by atoms with Gasteiger partial charge in [-0.1, -0.05) is 25.4 Å². The minimum atomic E-state index is -0.644. The molecule has 2 N–H and O–H groups in total. The van der Waals surface area contributed by atoms with Crippen LogP contribution in [-0.4, -0.2) is 46.1 Å². The van der Waals surface area contributed by atoms with Gasteiger partial charge in [-0.25, -0.2) is 14.4 Å². The molecule has 1 fully saturated rings. The van der Waals surface area contributed by atoms with E-state index in [4.69, 9.17) is 16.3 Å². The summed E-state index contributed by atoms with van der Waals surface area (Å²) < 4.78 is 20.0. The standard InChI is InChI=1S/C20H22ClFN4O2/c1-10-20(2,3)12-6-11(7-14(22)18(12)24-10)17-13(21)8-23-19(26-17)25-15-4-5-28-9-16(15)27/h6-8,15-16,27H,4-5,9H2,1-3H3,(H,23,25,26)/t15-,16-/m1/s1. The lowest BCUT2D eigenvalue weighted by molar-refractivity contribution is -0.0136. The van der Waals surface area contributed by atoms with E-state index < -0.39 is 11.9 Å². The lowest BCUT2D eigenvalue weighted by Gasteiger charge is -2.28. The molecule has 2 atom stereocenters. The first-order chi connectivity index (χ1) is 13.3. The molecule has 3 heterocycles. The van der Waals surface area contributed by atoms with Crippen LogP contribution in [0.4, 0.5) is 16.0 Å². The highest BCUT2D eigenvalue weighted by Crippen LogP contribution is 2.44. The second-order valence-electron chi connectivity index (χ2n) is 7.75. The Morgan fingerprint density at radius 3 is 2.89 bits per heavy atom. The summed E-state index contributed by atoms with van der Waals surface area (Å²) in [5, 5.41) is 13.5. The number of aliphatic hydroxyl groups is 1. The number of aliphatic hydroxyl groups excluding tert-OH is 1. The van der Waals surface area contributed by atoms with E-state index in [0.29, 0.717) is 40.9 Å². The molecule has 28 heavy (non-hydrogen) atoms. The molecular formula is C20H22ClFN4O2. The van der Waals surface area contributed by atoms with E-state index in [-0.39, 0.29) is 18.1 Å². The van der Waals surface area contributed by atoms with Crippen LogP contribution in [-0.2, 0) is 10.2 Å². The van der Waals surface area contributed by atoms with Crippen molar-refractivity contribution in [3.05, 3.63) is 34.7 Å². The van der Waals surface area contributed by atoms with Gasteiger partial charge in [-0.15, -0.1) is 0 Å². The summed E-state index contributed by atoms with van der Waals surface area (Å²) in [6.45, 7) is 6.75. The number of nitrogens with one attached hydrogen (secondary N) is 1. The lowest BCUT2D eigenvalue weighted by atomic mass is 9.81. The number of hydrogen-bond donors (Lipinski definition) is 2. The van der Waals surface area contributed by atoms with E-state index in [1.807, 2.05) is 26.8 Å². The zero-order chi connectivity index (χ0) is 20.1. The molecule has 0 unspecified atom stereocenters. The summed E-state index contributed by atoms with van der Waals surface area (Å²) in [5.74, 6) is -0.0700. The smallest absolute Gasteiger partial charge is 0.223 e. The molecule has 0 saturated carbocycles. The molecule has 0 amide bonds. The molecule has 0 bridgehead atoms. The molecule has 1 saturated heterocycles. The highest BCUT2D eigenvalue weighted by atomic mass is 35.5. The average molecular weight is 405 g/mol. The quantitative estimate of drug-likeness (QED) is 0.811. The molecule has 0 spiro atoms. The van der Waals surface area contributed by atoms with Gasteiger partial charge in [0.25, 0.3) is 0 Å². The predicted octanol–water partition coefficient (Wildman–Crippen LogP) is 3.88. The highest BCUT2D eigenvalue weighted by Gasteiger charge is 2.34. The molecule has 2 aromatic rings. The van der Waals surface area contributed by atoms with Crippen LogP contribution in [0.15, 0.2) is 23.3 Å². The summed E-state index contributed by atoms with van der Waals surface area (Å²) in [7, 11) is 0. The Labute approximate surface area is 167 Å². The van der Waals surface area contributed by atoms with E-state index in [1.165, 1.54) is 12.3 Å². The number of aliphatic imine (C=N–C) groups is 1. The van der Waals surface area contributed by atoms with E-state index in [1.54, 1.807) is 0 Å². The number of halogens is 2. The van der Waals surface area contributed by atoms with Gasteiger partial charge in [0, 0.05) is 23.3 Å². The Morgan fingerprint density at radius 2 is 2.14 bits per heavy atom. The number of fused-ring (bicyclic) bond motifs is 1. The number of aromatic nitrogens is 2. The Balaban J connectivity index is 1.71. The maximum Gasteiger partial charge on any atom is 0.223 e. The van der Waals surface area contributed by atoms with Gasteiger partial charge in [-0.05, 0) is 31.0 Å². The third-order valence-corrected chi connectivity index (χ3v) is 5.86. The molecule has 0 radical (unpaired) electrons. The summed E-state index contributed by atoms with van der Waals surface area (Å²) >= 11 is 6.33. The van der Waals surface area contributed by atoms with Crippen LogP contribution in [0.3, 0.4) is 0 Å². The van der Waals surface area contributed by atoms with Crippen molar-refractivity contribution >= 4 is 28.9 Å². The van der Waals surface area contributed by atoms with Crippen LogP contribution in [0.25, 0.3) is 11.3 Å². The van der Waals surface area contributed by atoms with Crippen molar-refractivity contribution in [1.29, 1.82) is 0 Å². The van der Waals surface area contributed by atoms with E-state index in [9.17, 15) is 9.50 Å². The topological polar surface area (TPSA) is 79.6 Å². The van der Waals surface area contributed by atoms with Gasteiger partial charge >= 0.3 is 0 Å². The van der Waals surface area contributed by atoms with Gasteiger partial charge in [0.1, 0.15) is 11.5 Å². The largest absolute Gasteiger partial charge is 0.389 e. The average Bonchev–Trinajstić information content (AvgIpc) is 2.89. The van der Waals surface area contributed by atoms with Crippen molar-refractivity contribution in [1.82, 2.24) is 9.97 Å². The molecule has 2 aliphatic heterocycles. The van der Waals surface area contributed by atoms with E-state index in [2.05, 4.69) is 20.3 Å². The van der Waals surface area contributed by atoms with Gasteiger partial charge in [0.05, 0.1) is 35.7 Å². The molecule has 0 aliphatic carbocycles. The fraction of sp³-hybridized carbons (Fsp3) is 0.450. The second kappa shape index (κ2) is 7.06. The number of ether oxygens (including phenoxy) is 1. The van der Waals surface area contributed by atoms with Crippen LogP contribution in [0.2, 0.25) is 5.02 Å². The van der Waals surface area contributed by atoms with Gasteiger partial charge in [-0.3, -0.25) is 4.99 Å². The molecule has 4 rings (SSSR count). The van der Waals surface area contributed by atoms with Crippen LogP contribution in [0, 0.1) is 5.82 Å². The highest BCUT2D eigenvalue weighted by molar-refractivity contribution is 6.32. The molecular weight excluding hydrogens is 383 g/mol. The van der Waals surface area contributed by atoms with Crippen molar-refractivity contribution in [2.75, 3.05) is 18.5 Å². The zero-order valence-electron chi connectivity index (χ0n) is 16.0. The van der Waals surface area contributed by atoms with Gasteiger partial charge in [0.2, 0.25) is 5.95 Å².